The third-order valence-electron chi connectivity index (χ3n) is 15.9. The Morgan fingerprint density at radius 2 is 1.61 bits per heavy atom. The lowest BCUT2D eigenvalue weighted by molar-refractivity contribution is -0.225. The van der Waals surface area contributed by atoms with E-state index in [4.69, 9.17) is 4.74 Å². The quantitative estimate of drug-likeness (QED) is 0.170. The van der Waals surface area contributed by atoms with E-state index < -0.39 is 5.60 Å². The van der Waals surface area contributed by atoms with E-state index in [1.807, 2.05) is 32.9 Å². The minimum atomic E-state index is -0.493. The zero-order valence-corrected chi connectivity index (χ0v) is 33.2. The van der Waals surface area contributed by atoms with Gasteiger partial charge in [0.1, 0.15) is 5.60 Å². The molecule has 0 bridgehead atoms. The molecule has 1 aromatic carbocycles. The number of likely N-dealkylation sites (N-methyl/N-ethyl adjacent to an activating group) is 1. The van der Waals surface area contributed by atoms with Crippen molar-refractivity contribution in [3.05, 3.63) is 53.6 Å². The first kappa shape index (κ1) is 36.9. The first-order valence-electron chi connectivity index (χ1n) is 19.8. The second-order valence-electron chi connectivity index (χ2n) is 20.2. The minimum Gasteiger partial charge on any atom is -0.456 e. The van der Waals surface area contributed by atoms with E-state index in [0.29, 0.717) is 33.6 Å². The molecule has 1 N–H and O–H groups in total. The van der Waals surface area contributed by atoms with Crippen LogP contribution in [0.2, 0.25) is 0 Å². The molecular weight excluding hydrogens is 601 g/mol. The summed E-state index contributed by atoms with van der Waals surface area (Å²) in [6.07, 6.45) is 14.6. The van der Waals surface area contributed by atoms with Crippen LogP contribution in [0.3, 0.4) is 0 Å². The lowest BCUT2D eigenvalue weighted by atomic mass is 9.32. The number of hydrogen-bond acceptors (Lipinski definition) is 4. The highest BCUT2D eigenvalue weighted by molar-refractivity contribution is 5.90. The SMILES string of the molecule is C=C(C)C1CCC2(CNCCN(C)C)CCC3(C)C(CCC4C5(C)CC=C(c6ccc(C(=O)OC(C)(C)C)cc6)C(C)(C)C5CCC43C)C12. The van der Waals surface area contributed by atoms with Gasteiger partial charge in [-0.05, 0) is 180 Å². The Hall–Kier alpha value is -1.91. The molecular formula is C45H70N2O2. The maximum Gasteiger partial charge on any atom is 0.338 e. The summed E-state index contributed by atoms with van der Waals surface area (Å²) < 4.78 is 5.65. The summed E-state index contributed by atoms with van der Waals surface area (Å²) in [5, 5.41) is 3.97. The molecule has 4 heteroatoms. The predicted molar refractivity (Wildman–Crippen MR) is 205 cm³/mol. The van der Waals surface area contributed by atoms with Gasteiger partial charge in [0.05, 0.1) is 5.56 Å². The molecule has 49 heavy (non-hydrogen) atoms. The van der Waals surface area contributed by atoms with E-state index in [-0.39, 0.29) is 16.8 Å². The number of rotatable bonds is 8. The second kappa shape index (κ2) is 12.6. The molecule has 0 radical (unpaired) electrons. The molecule has 1 aromatic rings. The highest BCUT2D eigenvalue weighted by Gasteiger charge is 2.70. The van der Waals surface area contributed by atoms with Gasteiger partial charge < -0.3 is 15.0 Å². The zero-order chi connectivity index (χ0) is 35.8. The third kappa shape index (κ3) is 6.01. The van der Waals surface area contributed by atoms with Crippen molar-refractivity contribution >= 4 is 11.5 Å². The first-order valence-corrected chi connectivity index (χ1v) is 19.8. The van der Waals surface area contributed by atoms with E-state index in [2.05, 4.69) is 90.6 Å². The number of benzene rings is 1. The monoisotopic (exact) mass is 671 g/mol. The average molecular weight is 671 g/mol. The lowest BCUT2D eigenvalue weighted by Gasteiger charge is -2.72. The van der Waals surface area contributed by atoms with Gasteiger partial charge in [0.25, 0.3) is 0 Å². The van der Waals surface area contributed by atoms with E-state index in [1.165, 1.54) is 74.6 Å². The van der Waals surface area contributed by atoms with Crippen LogP contribution in [0, 0.1) is 56.7 Å². The van der Waals surface area contributed by atoms with E-state index in [1.54, 1.807) is 0 Å². The third-order valence-corrected chi connectivity index (χ3v) is 15.9. The number of ether oxygens (including phenoxy) is 1. The van der Waals surface area contributed by atoms with Crippen LogP contribution in [0.1, 0.15) is 136 Å². The Bertz CT molecular complexity index is 1450. The summed E-state index contributed by atoms with van der Waals surface area (Å²) in [4.78, 5) is 15.1. The maximum atomic E-state index is 12.8. The largest absolute Gasteiger partial charge is 0.456 e. The van der Waals surface area contributed by atoms with Gasteiger partial charge in [-0.3, -0.25) is 0 Å². The number of nitrogens with zero attached hydrogens (tertiary/aromatic N) is 1. The van der Waals surface area contributed by atoms with Gasteiger partial charge in [0.2, 0.25) is 0 Å². The van der Waals surface area contributed by atoms with Gasteiger partial charge in [0.15, 0.2) is 0 Å². The Kier molecular flexibility index (Phi) is 9.51. The molecule has 5 aliphatic rings. The fourth-order valence-corrected chi connectivity index (χ4v) is 13.5. The molecule has 4 nitrogen and oxygen atoms in total. The standard InChI is InChI=1S/C45H70N2O2/c1-30(2)33-19-24-45(29-46-27-28-47(11)12)26-25-43(9)35(38(33)45)17-18-37-42(8)22-20-34(41(6,7)36(42)21-23-44(37,43)10)31-13-15-32(16-14-31)39(48)49-40(3,4)5/h13-16,20,33,35-38,46H,1,17-19,21-29H2,2-12H3. The molecule has 5 aliphatic carbocycles. The molecule has 6 rings (SSSR count). The summed E-state index contributed by atoms with van der Waals surface area (Å²) in [5.74, 6) is 3.36. The molecule has 0 saturated heterocycles. The number of carbonyl (C=O) groups is 1. The van der Waals surface area contributed by atoms with E-state index in [9.17, 15) is 4.79 Å². The van der Waals surface area contributed by atoms with Crippen LogP contribution in [-0.2, 0) is 4.74 Å². The van der Waals surface area contributed by atoms with Crippen LogP contribution in [0.15, 0.2) is 42.5 Å². The fraction of sp³-hybridized carbons (Fsp3) is 0.756. The molecule has 0 amide bonds. The average Bonchev–Trinajstić information content (AvgIpc) is 3.39. The summed E-state index contributed by atoms with van der Waals surface area (Å²) in [6.45, 7) is 29.4. The Balaban J connectivity index is 1.27. The molecule has 0 aromatic heterocycles. The number of carbonyl (C=O) groups excluding carboxylic acids is 1. The van der Waals surface area contributed by atoms with Gasteiger partial charge in [0, 0.05) is 19.6 Å². The molecule has 9 unspecified atom stereocenters. The Labute approximate surface area is 300 Å². The summed E-state index contributed by atoms with van der Waals surface area (Å²) in [6, 6.07) is 8.27. The topological polar surface area (TPSA) is 41.6 Å². The van der Waals surface area contributed by atoms with Crippen molar-refractivity contribution in [3.8, 4) is 0 Å². The lowest BCUT2D eigenvalue weighted by Crippen LogP contribution is -2.65. The number of nitrogens with one attached hydrogen (secondary N) is 1. The van der Waals surface area contributed by atoms with Crippen LogP contribution in [0.4, 0.5) is 0 Å². The van der Waals surface area contributed by atoms with E-state index >= 15 is 0 Å². The summed E-state index contributed by atoms with van der Waals surface area (Å²) in [7, 11) is 4.37. The van der Waals surface area contributed by atoms with Crippen LogP contribution >= 0.6 is 0 Å². The highest BCUT2D eigenvalue weighted by atomic mass is 16.6. The fourth-order valence-electron chi connectivity index (χ4n) is 13.5. The molecule has 4 fully saturated rings. The molecule has 0 spiro atoms. The molecule has 4 saturated carbocycles. The summed E-state index contributed by atoms with van der Waals surface area (Å²) in [5.41, 5.74) is 5.81. The number of fused-ring (bicyclic) bond motifs is 7. The normalized spacial score (nSPS) is 39.7. The Morgan fingerprint density at radius 3 is 2.24 bits per heavy atom. The number of esters is 1. The Morgan fingerprint density at radius 1 is 0.918 bits per heavy atom. The van der Waals surface area contributed by atoms with Crippen LogP contribution in [-0.4, -0.2) is 50.2 Å². The van der Waals surface area contributed by atoms with Crippen LogP contribution < -0.4 is 5.32 Å². The van der Waals surface area contributed by atoms with E-state index in [0.717, 1.165) is 37.3 Å². The van der Waals surface area contributed by atoms with Gasteiger partial charge in [-0.15, -0.1) is 0 Å². The van der Waals surface area contributed by atoms with Crippen molar-refractivity contribution in [2.45, 2.75) is 126 Å². The minimum absolute atomic E-state index is 0.0654. The van der Waals surface area contributed by atoms with Crippen molar-refractivity contribution in [2.24, 2.45) is 56.7 Å². The van der Waals surface area contributed by atoms with Crippen molar-refractivity contribution in [2.75, 3.05) is 33.7 Å². The maximum absolute atomic E-state index is 12.8. The number of hydrogen-bond donors (Lipinski definition) is 1. The van der Waals surface area contributed by atoms with Gasteiger partial charge in [-0.2, -0.15) is 0 Å². The highest BCUT2D eigenvalue weighted by Crippen LogP contribution is 2.77. The molecule has 272 valence electrons. The van der Waals surface area contributed by atoms with Crippen molar-refractivity contribution in [1.29, 1.82) is 0 Å². The molecule has 9 atom stereocenters. The predicted octanol–water partition coefficient (Wildman–Crippen LogP) is 10.4. The van der Waals surface area contributed by atoms with Crippen LogP contribution in [0.5, 0.6) is 0 Å². The van der Waals surface area contributed by atoms with Gasteiger partial charge in [-0.25, -0.2) is 4.79 Å². The van der Waals surface area contributed by atoms with Crippen molar-refractivity contribution in [3.63, 3.8) is 0 Å². The summed E-state index contributed by atoms with van der Waals surface area (Å²) >= 11 is 0. The first-order chi connectivity index (χ1) is 22.8. The molecule has 0 heterocycles. The number of allylic oxidation sites excluding steroid dienone is 3. The second-order valence-corrected chi connectivity index (χ2v) is 20.2. The van der Waals surface area contributed by atoms with Crippen molar-refractivity contribution in [1.82, 2.24) is 10.2 Å². The smallest absolute Gasteiger partial charge is 0.338 e. The van der Waals surface area contributed by atoms with Crippen LogP contribution in [0.25, 0.3) is 5.57 Å². The van der Waals surface area contributed by atoms with Gasteiger partial charge in [-0.1, -0.05) is 65.0 Å². The van der Waals surface area contributed by atoms with Gasteiger partial charge >= 0.3 is 5.97 Å². The zero-order valence-electron chi connectivity index (χ0n) is 33.2. The molecule has 0 aliphatic heterocycles. The van der Waals surface area contributed by atoms with Crippen molar-refractivity contribution < 1.29 is 9.53 Å².